The largest absolute Gasteiger partial charge is 0.392 e. The molecule has 0 unspecified atom stereocenters. The summed E-state index contributed by atoms with van der Waals surface area (Å²) in [4.78, 5) is 21.1. The van der Waals surface area contributed by atoms with Gasteiger partial charge in [-0.15, -0.1) is 0 Å². The van der Waals surface area contributed by atoms with E-state index in [4.69, 9.17) is 5.73 Å². The van der Waals surface area contributed by atoms with Crippen LogP contribution in [0.2, 0.25) is 0 Å². The van der Waals surface area contributed by atoms with Crippen LogP contribution in [-0.4, -0.2) is 14.5 Å². The number of anilines is 1. The molecule has 2 heterocycles. The lowest BCUT2D eigenvalue weighted by atomic mass is 10.1. The Balaban J connectivity index is 1.97. The van der Waals surface area contributed by atoms with Crippen molar-refractivity contribution in [1.29, 1.82) is 0 Å². The molecule has 0 aliphatic carbocycles. The van der Waals surface area contributed by atoms with E-state index in [0.29, 0.717) is 5.69 Å². The molecular weight excluding hydrogens is 312 g/mol. The Labute approximate surface area is 150 Å². The second-order valence-electron chi connectivity index (χ2n) is 6.62. The van der Waals surface area contributed by atoms with Crippen LogP contribution in [0.3, 0.4) is 0 Å². The van der Waals surface area contributed by atoms with E-state index in [0.717, 1.165) is 24.2 Å². The maximum absolute atomic E-state index is 12.4. The van der Waals surface area contributed by atoms with E-state index in [1.807, 2.05) is 12.1 Å². The van der Waals surface area contributed by atoms with Crippen LogP contribution in [0, 0.1) is 0 Å². The number of rotatable bonds is 10. The first kappa shape index (κ1) is 19.2. The maximum Gasteiger partial charge on any atom is 0.277 e. The Bertz CT molecular complexity index is 710. The molecule has 0 spiro atoms. The van der Waals surface area contributed by atoms with Gasteiger partial charge >= 0.3 is 0 Å². The number of nitrogens with two attached hydrogens (primary N) is 1. The smallest absolute Gasteiger partial charge is 0.277 e. The van der Waals surface area contributed by atoms with E-state index in [2.05, 4.69) is 16.9 Å². The average Bonchev–Trinajstić information content (AvgIpc) is 2.64. The topological polar surface area (TPSA) is 73.8 Å². The van der Waals surface area contributed by atoms with E-state index < -0.39 is 0 Å². The minimum absolute atomic E-state index is 0.170. The lowest BCUT2D eigenvalue weighted by molar-refractivity contribution is 0.566. The van der Waals surface area contributed by atoms with Gasteiger partial charge in [-0.2, -0.15) is 0 Å². The van der Waals surface area contributed by atoms with Gasteiger partial charge in [0, 0.05) is 31.4 Å². The van der Waals surface area contributed by atoms with Gasteiger partial charge in [-0.1, -0.05) is 51.9 Å². The van der Waals surface area contributed by atoms with Crippen molar-refractivity contribution in [2.75, 3.05) is 5.73 Å². The molecule has 2 rings (SSSR count). The molecule has 0 atom stereocenters. The van der Waals surface area contributed by atoms with Gasteiger partial charge in [0.2, 0.25) is 0 Å². The van der Waals surface area contributed by atoms with Crippen molar-refractivity contribution < 1.29 is 0 Å². The molecule has 0 saturated heterocycles. The molecule has 0 radical (unpaired) electrons. The number of pyridine rings is 1. The number of hydrogen-bond donors (Lipinski definition) is 1. The van der Waals surface area contributed by atoms with E-state index in [9.17, 15) is 4.79 Å². The highest BCUT2D eigenvalue weighted by Crippen LogP contribution is 2.21. The fourth-order valence-corrected chi connectivity index (χ4v) is 3.03. The van der Waals surface area contributed by atoms with Gasteiger partial charge in [-0.3, -0.25) is 14.3 Å². The zero-order chi connectivity index (χ0) is 18.1. The number of nitrogen functional groups attached to an aromatic ring is 1. The van der Waals surface area contributed by atoms with E-state index in [1.165, 1.54) is 44.9 Å². The van der Waals surface area contributed by atoms with Gasteiger partial charge in [-0.05, 0) is 18.6 Å². The van der Waals surface area contributed by atoms with Crippen LogP contribution in [0.15, 0.2) is 29.3 Å². The molecule has 25 heavy (non-hydrogen) atoms. The fraction of sp³-hybridized carbons (Fsp3) is 0.550. The SMILES string of the molecule is CCCCCCCCCCc1nc(-c2ccncc2)c(N)c(=O)n1C. The van der Waals surface area contributed by atoms with Crippen molar-refractivity contribution in [3.8, 4) is 11.3 Å². The van der Waals surface area contributed by atoms with Gasteiger partial charge in [0.25, 0.3) is 5.56 Å². The summed E-state index contributed by atoms with van der Waals surface area (Å²) >= 11 is 0. The van der Waals surface area contributed by atoms with Crippen molar-refractivity contribution in [3.63, 3.8) is 0 Å². The Morgan fingerprint density at radius 1 is 1.00 bits per heavy atom. The predicted octanol–water partition coefficient (Wildman–Crippen LogP) is 4.11. The fourth-order valence-electron chi connectivity index (χ4n) is 3.03. The standard InChI is InChI=1S/C20H30N4O/c1-3-4-5-6-7-8-9-10-11-17-23-19(16-12-14-22-15-13-16)18(21)20(25)24(17)2/h12-15H,3-11,21H2,1-2H3. The van der Waals surface area contributed by atoms with Crippen molar-refractivity contribution >= 4 is 5.69 Å². The second kappa shape index (κ2) is 9.97. The lowest BCUT2D eigenvalue weighted by Gasteiger charge is -2.12. The Kier molecular flexibility index (Phi) is 7.64. The molecule has 0 aliphatic rings. The van der Waals surface area contributed by atoms with Crippen LogP contribution >= 0.6 is 0 Å². The molecule has 5 nitrogen and oxygen atoms in total. The van der Waals surface area contributed by atoms with Crippen LogP contribution in [0.4, 0.5) is 5.69 Å². The highest BCUT2D eigenvalue weighted by molar-refractivity contribution is 5.71. The number of aryl methyl sites for hydroxylation is 1. The Morgan fingerprint density at radius 3 is 2.24 bits per heavy atom. The molecule has 0 saturated carbocycles. The summed E-state index contributed by atoms with van der Waals surface area (Å²) in [7, 11) is 1.75. The summed E-state index contributed by atoms with van der Waals surface area (Å²) in [5.74, 6) is 0.803. The van der Waals surface area contributed by atoms with E-state index in [-0.39, 0.29) is 11.2 Å². The highest BCUT2D eigenvalue weighted by Gasteiger charge is 2.13. The number of aromatic nitrogens is 3. The summed E-state index contributed by atoms with van der Waals surface area (Å²) in [5.41, 5.74) is 7.44. The van der Waals surface area contributed by atoms with Crippen LogP contribution in [-0.2, 0) is 13.5 Å². The van der Waals surface area contributed by atoms with E-state index >= 15 is 0 Å². The third-order valence-corrected chi connectivity index (χ3v) is 4.63. The molecule has 0 bridgehead atoms. The van der Waals surface area contributed by atoms with Crippen molar-refractivity contribution in [1.82, 2.24) is 14.5 Å². The minimum atomic E-state index is -0.170. The Morgan fingerprint density at radius 2 is 1.60 bits per heavy atom. The Hall–Kier alpha value is -2.17. The molecule has 0 fully saturated rings. The molecule has 2 aromatic heterocycles. The highest BCUT2D eigenvalue weighted by atomic mass is 16.1. The van der Waals surface area contributed by atoms with Gasteiger partial charge in [0.15, 0.2) is 0 Å². The number of unbranched alkanes of at least 4 members (excludes halogenated alkanes) is 7. The molecule has 0 aromatic carbocycles. The first-order valence-corrected chi connectivity index (χ1v) is 9.41. The molecule has 136 valence electrons. The molecule has 0 aliphatic heterocycles. The van der Waals surface area contributed by atoms with Gasteiger partial charge in [0.1, 0.15) is 17.2 Å². The van der Waals surface area contributed by atoms with Crippen LogP contribution < -0.4 is 11.3 Å². The van der Waals surface area contributed by atoms with Crippen molar-refractivity contribution in [2.24, 2.45) is 7.05 Å². The first-order valence-electron chi connectivity index (χ1n) is 9.41. The summed E-state index contributed by atoms with van der Waals surface area (Å²) in [6.45, 7) is 2.24. The van der Waals surface area contributed by atoms with E-state index in [1.54, 1.807) is 24.0 Å². The van der Waals surface area contributed by atoms with Crippen LogP contribution in [0.25, 0.3) is 11.3 Å². The van der Waals surface area contributed by atoms with Crippen LogP contribution in [0.1, 0.15) is 64.1 Å². The van der Waals surface area contributed by atoms with Crippen molar-refractivity contribution in [3.05, 3.63) is 40.7 Å². The normalized spacial score (nSPS) is 11.0. The molecule has 5 heteroatoms. The summed E-state index contributed by atoms with van der Waals surface area (Å²) in [6, 6.07) is 3.66. The summed E-state index contributed by atoms with van der Waals surface area (Å²) in [5, 5.41) is 0. The summed E-state index contributed by atoms with van der Waals surface area (Å²) in [6.07, 6.45) is 14.3. The van der Waals surface area contributed by atoms with Gasteiger partial charge in [-0.25, -0.2) is 4.98 Å². The molecular formula is C20H30N4O. The minimum Gasteiger partial charge on any atom is -0.392 e. The first-order chi connectivity index (χ1) is 12.1. The van der Waals surface area contributed by atoms with Gasteiger partial charge < -0.3 is 5.73 Å². The molecule has 0 amide bonds. The van der Waals surface area contributed by atoms with Crippen LogP contribution in [0.5, 0.6) is 0 Å². The average molecular weight is 342 g/mol. The lowest BCUT2D eigenvalue weighted by Crippen LogP contribution is -2.26. The maximum atomic E-state index is 12.4. The predicted molar refractivity (Wildman–Crippen MR) is 103 cm³/mol. The van der Waals surface area contributed by atoms with Gasteiger partial charge in [0.05, 0.1) is 0 Å². The third-order valence-electron chi connectivity index (χ3n) is 4.63. The summed E-state index contributed by atoms with van der Waals surface area (Å²) < 4.78 is 1.58. The van der Waals surface area contributed by atoms with Crippen molar-refractivity contribution in [2.45, 2.75) is 64.7 Å². The third kappa shape index (κ3) is 5.41. The zero-order valence-corrected chi connectivity index (χ0v) is 15.5. The molecule has 2 aromatic rings. The zero-order valence-electron chi connectivity index (χ0n) is 15.5. The monoisotopic (exact) mass is 342 g/mol. The second-order valence-corrected chi connectivity index (χ2v) is 6.62. The number of hydrogen-bond acceptors (Lipinski definition) is 4. The molecule has 2 N–H and O–H groups in total. The quantitative estimate of drug-likeness (QED) is 0.659. The number of nitrogens with zero attached hydrogens (tertiary/aromatic N) is 3.